The lowest BCUT2D eigenvalue weighted by Gasteiger charge is -2.14. The molecule has 21 heavy (non-hydrogen) atoms. The van der Waals surface area contributed by atoms with Gasteiger partial charge >= 0.3 is 0 Å². The number of hydrogen-bond acceptors (Lipinski definition) is 4. The molecule has 1 aliphatic heterocycles. The van der Waals surface area contributed by atoms with Crippen LogP contribution in [0, 0.1) is 13.8 Å². The molecule has 0 spiro atoms. The molecule has 1 aliphatic rings. The molecule has 0 saturated carbocycles. The zero-order valence-electron chi connectivity index (χ0n) is 13.1. The average molecular weight is 287 g/mol. The van der Waals surface area contributed by atoms with Gasteiger partial charge in [0.1, 0.15) is 17.3 Å². The second-order valence-corrected chi connectivity index (χ2v) is 6.02. The van der Waals surface area contributed by atoms with Crippen molar-refractivity contribution in [1.82, 2.24) is 19.9 Å². The van der Waals surface area contributed by atoms with Crippen LogP contribution in [-0.4, -0.2) is 46.0 Å². The van der Waals surface area contributed by atoms with Crippen molar-refractivity contribution in [1.29, 1.82) is 0 Å². The van der Waals surface area contributed by atoms with Gasteiger partial charge in [0.05, 0.1) is 5.39 Å². The van der Waals surface area contributed by atoms with E-state index >= 15 is 0 Å². The molecule has 5 nitrogen and oxygen atoms in total. The van der Waals surface area contributed by atoms with Crippen molar-refractivity contribution in [3.05, 3.63) is 17.6 Å². The van der Waals surface area contributed by atoms with Gasteiger partial charge in [0, 0.05) is 12.2 Å². The normalized spacial score (nSPS) is 15.9. The van der Waals surface area contributed by atoms with Crippen molar-refractivity contribution in [3.63, 3.8) is 0 Å². The van der Waals surface area contributed by atoms with Crippen LogP contribution < -0.4 is 5.32 Å². The summed E-state index contributed by atoms with van der Waals surface area (Å²) in [4.78, 5) is 14.8. The fourth-order valence-corrected chi connectivity index (χ4v) is 3.06. The van der Waals surface area contributed by atoms with E-state index in [-0.39, 0.29) is 0 Å². The molecule has 0 radical (unpaired) electrons. The Morgan fingerprint density at radius 2 is 2.00 bits per heavy atom. The number of H-pyrrole nitrogens is 1. The summed E-state index contributed by atoms with van der Waals surface area (Å²) in [7, 11) is 0. The average Bonchev–Trinajstić information content (AvgIpc) is 3.06. The molecule has 2 aromatic rings. The SMILES string of the molecule is Cc1nc(NCCCCN2CCCC2)c2cc(C)[nH]c2n1. The molecular weight excluding hydrogens is 262 g/mol. The van der Waals surface area contributed by atoms with Crippen LogP contribution in [0.2, 0.25) is 0 Å². The largest absolute Gasteiger partial charge is 0.369 e. The van der Waals surface area contributed by atoms with Gasteiger partial charge in [-0.1, -0.05) is 0 Å². The van der Waals surface area contributed by atoms with Crippen LogP contribution in [0.1, 0.15) is 37.2 Å². The van der Waals surface area contributed by atoms with Crippen LogP contribution in [0.5, 0.6) is 0 Å². The van der Waals surface area contributed by atoms with E-state index in [1.165, 1.54) is 45.3 Å². The summed E-state index contributed by atoms with van der Waals surface area (Å²) < 4.78 is 0. The van der Waals surface area contributed by atoms with Crippen molar-refractivity contribution < 1.29 is 0 Å². The summed E-state index contributed by atoms with van der Waals surface area (Å²) in [5.74, 6) is 1.77. The van der Waals surface area contributed by atoms with Crippen LogP contribution in [0.15, 0.2) is 6.07 Å². The molecule has 1 fully saturated rings. The molecule has 1 saturated heterocycles. The summed E-state index contributed by atoms with van der Waals surface area (Å²) in [5.41, 5.74) is 2.06. The van der Waals surface area contributed by atoms with Gasteiger partial charge in [-0.3, -0.25) is 0 Å². The summed E-state index contributed by atoms with van der Waals surface area (Å²) in [6, 6.07) is 2.11. The van der Waals surface area contributed by atoms with E-state index in [0.717, 1.165) is 34.9 Å². The molecule has 0 aromatic carbocycles. The van der Waals surface area contributed by atoms with E-state index < -0.39 is 0 Å². The van der Waals surface area contributed by atoms with E-state index in [2.05, 4.69) is 38.2 Å². The molecule has 0 atom stereocenters. The zero-order chi connectivity index (χ0) is 14.7. The lowest BCUT2D eigenvalue weighted by Crippen LogP contribution is -2.21. The predicted octanol–water partition coefficient (Wildman–Crippen LogP) is 2.86. The monoisotopic (exact) mass is 287 g/mol. The second kappa shape index (κ2) is 6.43. The summed E-state index contributed by atoms with van der Waals surface area (Å²) in [5, 5.41) is 4.57. The Hall–Kier alpha value is -1.62. The first kappa shape index (κ1) is 14.3. The standard InChI is InChI=1S/C16H25N5/c1-12-11-14-15(19-13(2)20-16(14)18-12)17-7-3-4-8-21-9-5-6-10-21/h11H,3-10H2,1-2H3,(H2,17,18,19,20). The van der Waals surface area contributed by atoms with Gasteiger partial charge in [0.2, 0.25) is 0 Å². The highest BCUT2D eigenvalue weighted by Gasteiger charge is 2.10. The maximum absolute atomic E-state index is 4.54. The minimum Gasteiger partial charge on any atom is -0.369 e. The highest BCUT2D eigenvalue weighted by atomic mass is 15.1. The number of unbranched alkanes of at least 4 members (excludes halogenated alkanes) is 1. The van der Waals surface area contributed by atoms with E-state index in [9.17, 15) is 0 Å². The van der Waals surface area contributed by atoms with Crippen molar-refractivity contribution >= 4 is 16.9 Å². The quantitative estimate of drug-likeness (QED) is 0.802. The summed E-state index contributed by atoms with van der Waals surface area (Å²) in [6.07, 6.45) is 5.20. The zero-order valence-corrected chi connectivity index (χ0v) is 13.1. The number of aryl methyl sites for hydroxylation is 2. The first-order valence-electron chi connectivity index (χ1n) is 8.02. The minimum atomic E-state index is 0.809. The van der Waals surface area contributed by atoms with Crippen LogP contribution in [0.3, 0.4) is 0 Å². The van der Waals surface area contributed by atoms with Gasteiger partial charge in [-0.05, 0) is 65.2 Å². The molecule has 3 rings (SSSR count). The molecular formula is C16H25N5. The maximum atomic E-state index is 4.54. The van der Waals surface area contributed by atoms with E-state index in [4.69, 9.17) is 0 Å². The fourth-order valence-electron chi connectivity index (χ4n) is 3.06. The molecule has 2 aromatic heterocycles. The third kappa shape index (κ3) is 3.53. The number of nitrogens with zero attached hydrogens (tertiary/aromatic N) is 3. The van der Waals surface area contributed by atoms with Crippen LogP contribution in [-0.2, 0) is 0 Å². The number of hydrogen-bond donors (Lipinski definition) is 2. The van der Waals surface area contributed by atoms with E-state index in [1.54, 1.807) is 0 Å². The molecule has 5 heteroatoms. The Morgan fingerprint density at radius 1 is 1.19 bits per heavy atom. The highest BCUT2D eigenvalue weighted by molar-refractivity contribution is 5.87. The summed E-state index contributed by atoms with van der Waals surface area (Å²) >= 11 is 0. The lowest BCUT2D eigenvalue weighted by atomic mass is 10.3. The number of rotatable bonds is 6. The van der Waals surface area contributed by atoms with Crippen molar-refractivity contribution in [2.24, 2.45) is 0 Å². The Labute approximate surface area is 126 Å². The highest BCUT2D eigenvalue weighted by Crippen LogP contribution is 2.21. The molecule has 3 heterocycles. The molecule has 0 aliphatic carbocycles. The number of anilines is 1. The van der Waals surface area contributed by atoms with Crippen LogP contribution >= 0.6 is 0 Å². The number of likely N-dealkylation sites (tertiary alicyclic amines) is 1. The smallest absolute Gasteiger partial charge is 0.143 e. The van der Waals surface area contributed by atoms with Gasteiger partial charge in [0.25, 0.3) is 0 Å². The Bertz CT molecular complexity index is 598. The molecule has 0 bridgehead atoms. The van der Waals surface area contributed by atoms with Gasteiger partial charge in [0.15, 0.2) is 0 Å². The number of aromatic nitrogens is 3. The first-order valence-corrected chi connectivity index (χ1v) is 8.02. The third-order valence-electron chi connectivity index (χ3n) is 4.13. The number of fused-ring (bicyclic) bond motifs is 1. The Morgan fingerprint density at radius 3 is 2.81 bits per heavy atom. The maximum Gasteiger partial charge on any atom is 0.143 e. The lowest BCUT2D eigenvalue weighted by molar-refractivity contribution is 0.331. The number of aromatic amines is 1. The van der Waals surface area contributed by atoms with Gasteiger partial charge in [-0.15, -0.1) is 0 Å². The Kier molecular flexibility index (Phi) is 4.39. The van der Waals surface area contributed by atoms with Crippen molar-refractivity contribution in [2.45, 2.75) is 39.5 Å². The molecule has 0 amide bonds. The van der Waals surface area contributed by atoms with Crippen molar-refractivity contribution in [2.75, 3.05) is 31.5 Å². The fraction of sp³-hybridized carbons (Fsp3) is 0.625. The van der Waals surface area contributed by atoms with E-state index in [0.29, 0.717) is 0 Å². The van der Waals surface area contributed by atoms with Gasteiger partial charge in [-0.25, -0.2) is 9.97 Å². The van der Waals surface area contributed by atoms with Gasteiger partial charge < -0.3 is 15.2 Å². The van der Waals surface area contributed by atoms with Crippen molar-refractivity contribution in [3.8, 4) is 0 Å². The van der Waals surface area contributed by atoms with E-state index in [1.807, 2.05) is 6.92 Å². The number of nitrogens with one attached hydrogen (secondary N) is 2. The molecule has 2 N–H and O–H groups in total. The summed E-state index contributed by atoms with van der Waals surface area (Å²) in [6.45, 7) is 8.79. The molecule has 0 unspecified atom stereocenters. The van der Waals surface area contributed by atoms with Crippen LogP contribution in [0.25, 0.3) is 11.0 Å². The minimum absolute atomic E-state index is 0.809. The topological polar surface area (TPSA) is 56.8 Å². The van der Waals surface area contributed by atoms with Gasteiger partial charge in [-0.2, -0.15) is 0 Å². The van der Waals surface area contributed by atoms with Crippen LogP contribution in [0.4, 0.5) is 5.82 Å². The Balaban J connectivity index is 1.52. The first-order chi connectivity index (χ1) is 10.2. The molecule has 114 valence electrons. The third-order valence-corrected chi connectivity index (χ3v) is 4.13. The second-order valence-electron chi connectivity index (χ2n) is 6.02. The predicted molar refractivity (Wildman–Crippen MR) is 86.8 cm³/mol.